The second kappa shape index (κ2) is 6.83. The van der Waals surface area contributed by atoms with Crippen LogP contribution in [-0.2, 0) is 16.0 Å². The highest BCUT2D eigenvalue weighted by atomic mass is 16.2. The Kier molecular flexibility index (Phi) is 4.60. The summed E-state index contributed by atoms with van der Waals surface area (Å²) in [6.45, 7) is 3.68. The fourth-order valence-electron chi connectivity index (χ4n) is 3.02. The number of anilines is 2. The molecule has 5 nitrogen and oxygen atoms in total. The molecule has 3 rings (SSSR count). The van der Waals surface area contributed by atoms with Crippen LogP contribution < -0.4 is 10.2 Å². The van der Waals surface area contributed by atoms with Crippen molar-refractivity contribution in [3.63, 3.8) is 0 Å². The van der Waals surface area contributed by atoms with E-state index in [1.54, 1.807) is 24.2 Å². The first-order chi connectivity index (χ1) is 11.6. The SMILES string of the molecule is Cc1ccncc1NC(=O)C(C)N1C(=O)CCCc2ccccc21. The number of aromatic nitrogens is 1. The molecule has 1 aromatic carbocycles. The van der Waals surface area contributed by atoms with Crippen LogP contribution in [0.15, 0.2) is 42.7 Å². The normalized spacial score (nSPS) is 15.4. The summed E-state index contributed by atoms with van der Waals surface area (Å²) in [7, 11) is 0. The van der Waals surface area contributed by atoms with E-state index >= 15 is 0 Å². The third-order valence-electron chi connectivity index (χ3n) is 4.42. The Bertz CT molecular complexity index is 773. The number of hydrogen-bond donors (Lipinski definition) is 1. The highest BCUT2D eigenvalue weighted by molar-refractivity contribution is 6.05. The number of hydrogen-bond acceptors (Lipinski definition) is 3. The molecule has 0 radical (unpaired) electrons. The molecule has 2 amide bonds. The quantitative estimate of drug-likeness (QED) is 0.944. The van der Waals surface area contributed by atoms with Crippen LogP contribution in [0.25, 0.3) is 0 Å². The number of nitrogens with zero attached hydrogens (tertiary/aromatic N) is 2. The minimum atomic E-state index is -0.587. The Morgan fingerprint density at radius 1 is 1.25 bits per heavy atom. The Labute approximate surface area is 141 Å². The summed E-state index contributed by atoms with van der Waals surface area (Å²) in [5.74, 6) is -0.221. The van der Waals surface area contributed by atoms with E-state index in [4.69, 9.17) is 0 Å². The monoisotopic (exact) mass is 323 g/mol. The molecule has 0 aliphatic carbocycles. The molecule has 1 aromatic heterocycles. The van der Waals surface area contributed by atoms with Gasteiger partial charge in [-0.15, -0.1) is 0 Å². The molecule has 2 aromatic rings. The number of amides is 2. The van der Waals surface area contributed by atoms with Crippen molar-refractivity contribution in [2.24, 2.45) is 0 Å². The minimum Gasteiger partial charge on any atom is -0.323 e. The number of para-hydroxylation sites is 1. The summed E-state index contributed by atoms with van der Waals surface area (Å²) < 4.78 is 0. The molecule has 0 spiro atoms. The van der Waals surface area contributed by atoms with Gasteiger partial charge in [-0.3, -0.25) is 19.5 Å². The summed E-state index contributed by atoms with van der Waals surface area (Å²) in [6.07, 6.45) is 5.43. The average Bonchev–Trinajstić information content (AvgIpc) is 2.74. The molecule has 0 saturated heterocycles. The van der Waals surface area contributed by atoms with Gasteiger partial charge in [0.25, 0.3) is 0 Å². The third kappa shape index (κ3) is 3.15. The van der Waals surface area contributed by atoms with Gasteiger partial charge in [-0.05, 0) is 49.9 Å². The number of pyridine rings is 1. The molecule has 1 aliphatic heterocycles. The molecule has 0 bridgehead atoms. The Balaban J connectivity index is 1.88. The zero-order chi connectivity index (χ0) is 17.1. The zero-order valence-corrected chi connectivity index (χ0v) is 14.0. The molecular formula is C19H21N3O2. The first-order valence-electron chi connectivity index (χ1n) is 8.19. The number of carbonyl (C=O) groups is 2. The standard InChI is InChI=1S/C19H21N3O2/c1-13-10-11-20-12-16(13)21-19(24)14(2)22-17-8-4-3-6-15(17)7-5-9-18(22)23/h3-4,6,8,10-12,14H,5,7,9H2,1-2H3,(H,21,24). The lowest BCUT2D eigenvalue weighted by molar-refractivity contribution is -0.123. The van der Waals surface area contributed by atoms with E-state index < -0.39 is 6.04 Å². The lowest BCUT2D eigenvalue weighted by Gasteiger charge is -2.29. The number of carbonyl (C=O) groups excluding carboxylic acids is 2. The first kappa shape index (κ1) is 16.2. The van der Waals surface area contributed by atoms with Crippen molar-refractivity contribution < 1.29 is 9.59 Å². The third-order valence-corrected chi connectivity index (χ3v) is 4.42. The lowest BCUT2D eigenvalue weighted by atomic mass is 10.1. The summed E-state index contributed by atoms with van der Waals surface area (Å²) >= 11 is 0. The fraction of sp³-hybridized carbons (Fsp3) is 0.316. The van der Waals surface area contributed by atoms with Crippen LogP contribution >= 0.6 is 0 Å². The van der Waals surface area contributed by atoms with Gasteiger partial charge in [-0.25, -0.2) is 0 Å². The van der Waals surface area contributed by atoms with E-state index in [0.29, 0.717) is 12.1 Å². The molecule has 1 unspecified atom stereocenters. The van der Waals surface area contributed by atoms with Crippen LogP contribution in [-0.4, -0.2) is 22.8 Å². The maximum atomic E-state index is 12.7. The number of nitrogens with one attached hydrogen (secondary N) is 1. The fourth-order valence-corrected chi connectivity index (χ4v) is 3.02. The molecule has 5 heteroatoms. The van der Waals surface area contributed by atoms with Crippen molar-refractivity contribution in [1.29, 1.82) is 0 Å². The van der Waals surface area contributed by atoms with Gasteiger partial charge in [0, 0.05) is 18.3 Å². The van der Waals surface area contributed by atoms with E-state index in [0.717, 1.165) is 29.7 Å². The predicted octanol–water partition coefficient (Wildman–Crippen LogP) is 3.09. The molecule has 2 heterocycles. The van der Waals surface area contributed by atoms with E-state index in [2.05, 4.69) is 10.3 Å². The summed E-state index contributed by atoms with van der Waals surface area (Å²) in [4.78, 5) is 30.9. The second-order valence-electron chi connectivity index (χ2n) is 6.10. The van der Waals surface area contributed by atoms with Crippen molar-refractivity contribution in [1.82, 2.24) is 4.98 Å². The lowest BCUT2D eigenvalue weighted by Crippen LogP contribution is -2.45. The van der Waals surface area contributed by atoms with E-state index in [-0.39, 0.29) is 11.8 Å². The first-order valence-corrected chi connectivity index (χ1v) is 8.19. The maximum absolute atomic E-state index is 12.7. The largest absolute Gasteiger partial charge is 0.323 e. The van der Waals surface area contributed by atoms with Gasteiger partial charge < -0.3 is 5.32 Å². The summed E-state index contributed by atoms with van der Waals surface area (Å²) in [6, 6.07) is 9.06. The maximum Gasteiger partial charge on any atom is 0.247 e. The average molecular weight is 323 g/mol. The van der Waals surface area contributed by atoms with Gasteiger partial charge in [-0.1, -0.05) is 18.2 Å². The topological polar surface area (TPSA) is 62.3 Å². The van der Waals surface area contributed by atoms with Crippen molar-refractivity contribution in [2.75, 3.05) is 10.2 Å². The highest BCUT2D eigenvalue weighted by Crippen LogP contribution is 2.29. The number of benzene rings is 1. The van der Waals surface area contributed by atoms with Gasteiger partial charge in [0.1, 0.15) is 6.04 Å². The van der Waals surface area contributed by atoms with Gasteiger partial charge in [0.05, 0.1) is 11.9 Å². The summed E-state index contributed by atoms with van der Waals surface area (Å²) in [5.41, 5.74) is 3.56. The molecular weight excluding hydrogens is 302 g/mol. The molecule has 1 N–H and O–H groups in total. The molecule has 0 saturated carbocycles. The molecule has 1 atom stereocenters. The Morgan fingerprint density at radius 3 is 2.83 bits per heavy atom. The van der Waals surface area contributed by atoms with E-state index in [1.165, 1.54) is 0 Å². The van der Waals surface area contributed by atoms with Crippen LogP contribution in [0.5, 0.6) is 0 Å². The van der Waals surface area contributed by atoms with Crippen LogP contribution in [0.2, 0.25) is 0 Å². The van der Waals surface area contributed by atoms with Gasteiger partial charge in [-0.2, -0.15) is 0 Å². The van der Waals surface area contributed by atoms with Crippen LogP contribution in [0.1, 0.15) is 30.9 Å². The smallest absolute Gasteiger partial charge is 0.247 e. The molecule has 1 aliphatic rings. The van der Waals surface area contributed by atoms with Crippen LogP contribution in [0.4, 0.5) is 11.4 Å². The number of rotatable bonds is 3. The van der Waals surface area contributed by atoms with Gasteiger partial charge in [0.2, 0.25) is 11.8 Å². The van der Waals surface area contributed by atoms with Gasteiger partial charge >= 0.3 is 0 Å². The second-order valence-corrected chi connectivity index (χ2v) is 6.10. The Morgan fingerprint density at radius 2 is 2.04 bits per heavy atom. The minimum absolute atomic E-state index is 0.00879. The number of fused-ring (bicyclic) bond motifs is 1. The molecule has 124 valence electrons. The van der Waals surface area contributed by atoms with Gasteiger partial charge in [0.15, 0.2) is 0 Å². The van der Waals surface area contributed by atoms with Crippen molar-refractivity contribution in [2.45, 2.75) is 39.2 Å². The zero-order valence-electron chi connectivity index (χ0n) is 14.0. The molecule has 24 heavy (non-hydrogen) atoms. The van der Waals surface area contributed by atoms with Crippen molar-refractivity contribution >= 4 is 23.2 Å². The van der Waals surface area contributed by atoms with E-state index in [1.807, 2.05) is 37.3 Å². The highest BCUT2D eigenvalue weighted by Gasteiger charge is 2.30. The van der Waals surface area contributed by atoms with Crippen LogP contribution in [0, 0.1) is 6.92 Å². The molecule has 0 fully saturated rings. The summed E-state index contributed by atoms with van der Waals surface area (Å²) in [5, 5.41) is 2.88. The predicted molar refractivity (Wildman–Crippen MR) is 93.9 cm³/mol. The van der Waals surface area contributed by atoms with E-state index in [9.17, 15) is 9.59 Å². The van der Waals surface area contributed by atoms with Crippen molar-refractivity contribution in [3.8, 4) is 0 Å². The number of aryl methyl sites for hydroxylation is 2. The van der Waals surface area contributed by atoms with Crippen molar-refractivity contribution in [3.05, 3.63) is 53.9 Å². The Hall–Kier alpha value is -2.69. The van der Waals surface area contributed by atoms with Crippen LogP contribution in [0.3, 0.4) is 0 Å².